The standard InChI is InChI=1S/C6H11O3/c7-6-4-2-1-3-5-8-9-6/h6H,1-5H2. The Morgan fingerprint density at radius 2 is 2.11 bits per heavy atom. The Labute approximate surface area is 54.5 Å². The molecule has 9 heavy (non-hydrogen) atoms. The molecule has 0 saturated carbocycles. The Hall–Kier alpha value is -0.120. The van der Waals surface area contributed by atoms with Crippen molar-refractivity contribution in [3.63, 3.8) is 0 Å². The molecule has 0 N–H and O–H groups in total. The maximum absolute atomic E-state index is 10.6. The molecule has 0 aromatic rings. The van der Waals surface area contributed by atoms with Crippen LogP contribution < -0.4 is 0 Å². The third kappa shape index (κ3) is 2.79. The molecule has 1 radical (unpaired) electrons. The molecule has 3 nitrogen and oxygen atoms in total. The van der Waals surface area contributed by atoms with Crippen molar-refractivity contribution >= 4 is 0 Å². The normalized spacial score (nSPS) is 31.0. The zero-order chi connectivity index (χ0) is 6.53. The molecule has 53 valence electrons. The highest BCUT2D eigenvalue weighted by molar-refractivity contribution is 4.45. The highest BCUT2D eigenvalue weighted by Crippen LogP contribution is 2.09. The van der Waals surface area contributed by atoms with Gasteiger partial charge in [0.2, 0.25) is 6.29 Å². The van der Waals surface area contributed by atoms with Gasteiger partial charge in [-0.05, 0) is 12.8 Å². The summed E-state index contributed by atoms with van der Waals surface area (Å²) in [4.78, 5) is 9.00. The topological polar surface area (TPSA) is 38.4 Å². The van der Waals surface area contributed by atoms with Crippen LogP contribution in [0.15, 0.2) is 0 Å². The van der Waals surface area contributed by atoms with Gasteiger partial charge < -0.3 is 0 Å². The SMILES string of the molecule is [O]C1CCCCCOO1. The minimum Gasteiger partial charge on any atom is -0.234 e. The van der Waals surface area contributed by atoms with Gasteiger partial charge in [-0.2, -0.15) is 5.11 Å². The van der Waals surface area contributed by atoms with E-state index in [9.17, 15) is 5.11 Å². The van der Waals surface area contributed by atoms with Gasteiger partial charge in [0.1, 0.15) is 0 Å². The van der Waals surface area contributed by atoms with E-state index >= 15 is 0 Å². The fraction of sp³-hybridized carbons (Fsp3) is 1.00. The molecule has 3 heteroatoms. The summed E-state index contributed by atoms with van der Waals surface area (Å²) in [5.41, 5.74) is 0. The van der Waals surface area contributed by atoms with Crippen LogP contribution >= 0.6 is 0 Å². The second-order valence-corrected chi connectivity index (χ2v) is 2.20. The second kappa shape index (κ2) is 3.82. The summed E-state index contributed by atoms with van der Waals surface area (Å²) in [5, 5.41) is 10.6. The predicted octanol–water partition coefficient (Wildman–Crippen LogP) is 1.27. The summed E-state index contributed by atoms with van der Waals surface area (Å²) in [6, 6.07) is 0. The first-order chi connectivity index (χ1) is 4.39. The highest BCUT2D eigenvalue weighted by Gasteiger charge is 2.09. The molecule has 1 atom stereocenters. The molecule has 0 bridgehead atoms. The van der Waals surface area contributed by atoms with E-state index in [0.29, 0.717) is 13.0 Å². The van der Waals surface area contributed by atoms with Crippen LogP contribution in [-0.4, -0.2) is 12.9 Å². The molecule has 0 amide bonds. The fourth-order valence-corrected chi connectivity index (χ4v) is 0.821. The number of hydrogen-bond acceptors (Lipinski definition) is 2. The van der Waals surface area contributed by atoms with Crippen molar-refractivity contribution in [1.82, 2.24) is 0 Å². The molecule has 0 aliphatic carbocycles. The Bertz CT molecular complexity index is 66.7. The van der Waals surface area contributed by atoms with Crippen molar-refractivity contribution < 1.29 is 14.9 Å². The minimum absolute atomic E-state index is 0.568. The van der Waals surface area contributed by atoms with Crippen LogP contribution in [0.3, 0.4) is 0 Å². The van der Waals surface area contributed by atoms with E-state index in [1.807, 2.05) is 0 Å². The van der Waals surface area contributed by atoms with Crippen molar-refractivity contribution in [2.24, 2.45) is 0 Å². The van der Waals surface area contributed by atoms with E-state index in [0.717, 1.165) is 19.3 Å². The molecule has 1 rings (SSSR count). The van der Waals surface area contributed by atoms with E-state index in [1.165, 1.54) is 0 Å². The molecule has 1 aliphatic heterocycles. The van der Waals surface area contributed by atoms with Gasteiger partial charge in [0.05, 0.1) is 6.61 Å². The van der Waals surface area contributed by atoms with Crippen LogP contribution in [0.25, 0.3) is 0 Å². The fourth-order valence-electron chi connectivity index (χ4n) is 0.821. The van der Waals surface area contributed by atoms with Crippen molar-refractivity contribution in [3.8, 4) is 0 Å². The van der Waals surface area contributed by atoms with Crippen molar-refractivity contribution in [1.29, 1.82) is 0 Å². The van der Waals surface area contributed by atoms with Gasteiger partial charge in [0.15, 0.2) is 0 Å². The molecule has 0 aromatic carbocycles. The monoisotopic (exact) mass is 131 g/mol. The number of rotatable bonds is 0. The molecule has 1 aliphatic rings. The Morgan fingerprint density at radius 1 is 1.22 bits per heavy atom. The summed E-state index contributed by atoms with van der Waals surface area (Å²) < 4.78 is 0. The Balaban J connectivity index is 2.12. The summed E-state index contributed by atoms with van der Waals surface area (Å²) in [5.74, 6) is 0. The first kappa shape index (κ1) is 6.99. The lowest BCUT2D eigenvalue weighted by atomic mass is 10.2. The highest BCUT2D eigenvalue weighted by atomic mass is 17.2. The van der Waals surface area contributed by atoms with Gasteiger partial charge in [-0.25, -0.2) is 9.78 Å². The molecule has 1 unspecified atom stereocenters. The molecule has 0 aromatic heterocycles. The molecule has 1 saturated heterocycles. The third-order valence-electron chi connectivity index (χ3n) is 1.34. The first-order valence-electron chi connectivity index (χ1n) is 3.33. The largest absolute Gasteiger partial charge is 0.234 e. The van der Waals surface area contributed by atoms with Gasteiger partial charge in [-0.15, -0.1) is 0 Å². The van der Waals surface area contributed by atoms with Crippen molar-refractivity contribution in [2.45, 2.75) is 32.0 Å². The Kier molecular flexibility index (Phi) is 2.97. The lowest BCUT2D eigenvalue weighted by Gasteiger charge is -2.11. The smallest absolute Gasteiger partial charge is 0.224 e. The van der Waals surface area contributed by atoms with Crippen molar-refractivity contribution in [3.05, 3.63) is 0 Å². The van der Waals surface area contributed by atoms with Crippen LogP contribution in [0.4, 0.5) is 0 Å². The Morgan fingerprint density at radius 3 is 3.00 bits per heavy atom. The maximum atomic E-state index is 10.6. The lowest BCUT2D eigenvalue weighted by Crippen LogP contribution is -2.13. The minimum atomic E-state index is -0.953. The van der Waals surface area contributed by atoms with Gasteiger partial charge in [-0.3, -0.25) is 0 Å². The van der Waals surface area contributed by atoms with E-state index in [1.54, 1.807) is 0 Å². The molecule has 1 fully saturated rings. The number of hydrogen-bond donors (Lipinski definition) is 0. The molecule has 1 heterocycles. The van der Waals surface area contributed by atoms with Gasteiger partial charge in [0, 0.05) is 6.42 Å². The predicted molar refractivity (Wildman–Crippen MR) is 30.0 cm³/mol. The zero-order valence-corrected chi connectivity index (χ0v) is 5.34. The molecule has 0 spiro atoms. The summed E-state index contributed by atoms with van der Waals surface area (Å²) in [6.07, 6.45) is 2.69. The van der Waals surface area contributed by atoms with Crippen LogP contribution in [0.1, 0.15) is 25.7 Å². The van der Waals surface area contributed by atoms with E-state index in [4.69, 9.17) is 0 Å². The van der Waals surface area contributed by atoms with Crippen LogP contribution in [0, 0.1) is 0 Å². The quantitative estimate of drug-likeness (QED) is 0.464. The van der Waals surface area contributed by atoms with Crippen LogP contribution in [-0.2, 0) is 14.9 Å². The van der Waals surface area contributed by atoms with Crippen LogP contribution in [0.5, 0.6) is 0 Å². The maximum Gasteiger partial charge on any atom is 0.224 e. The third-order valence-corrected chi connectivity index (χ3v) is 1.34. The molecular formula is C6H11O3. The zero-order valence-electron chi connectivity index (χ0n) is 5.34. The van der Waals surface area contributed by atoms with E-state index in [2.05, 4.69) is 9.78 Å². The van der Waals surface area contributed by atoms with Crippen molar-refractivity contribution in [2.75, 3.05) is 6.61 Å². The average Bonchev–Trinajstić information content (AvgIpc) is 1.79. The van der Waals surface area contributed by atoms with Gasteiger partial charge >= 0.3 is 0 Å². The lowest BCUT2D eigenvalue weighted by molar-refractivity contribution is -0.386. The van der Waals surface area contributed by atoms with Gasteiger partial charge in [0.25, 0.3) is 0 Å². The first-order valence-corrected chi connectivity index (χ1v) is 3.33. The van der Waals surface area contributed by atoms with E-state index < -0.39 is 6.29 Å². The second-order valence-electron chi connectivity index (χ2n) is 2.20. The van der Waals surface area contributed by atoms with Crippen LogP contribution in [0.2, 0.25) is 0 Å². The van der Waals surface area contributed by atoms with E-state index in [-0.39, 0.29) is 0 Å². The summed E-state index contributed by atoms with van der Waals surface area (Å²) >= 11 is 0. The summed E-state index contributed by atoms with van der Waals surface area (Å²) in [6.45, 7) is 0.568. The average molecular weight is 131 g/mol. The molecular weight excluding hydrogens is 120 g/mol. The van der Waals surface area contributed by atoms with Gasteiger partial charge in [-0.1, -0.05) is 6.42 Å². The summed E-state index contributed by atoms with van der Waals surface area (Å²) in [7, 11) is 0.